The molecule has 0 bridgehead atoms. The number of imidazole rings is 1. The fraction of sp³-hybridized carbons (Fsp3) is 0.222. The number of sulfone groups is 1. The van der Waals surface area contributed by atoms with E-state index in [1.165, 1.54) is 39.5 Å². The minimum absolute atomic E-state index is 0.0673. The maximum absolute atomic E-state index is 13.3. The molecule has 0 saturated heterocycles. The first-order valence-corrected chi connectivity index (χ1v) is 9.69. The van der Waals surface area contributed by atoms with E-state index in [1.54, 1.807) is 21.0 Å². The molecule has 0 radical (unpaired) electrons. The van der Waals surface area contributed by atoms with E-state index in [2.05, 4.69) is 5.32 Å². The maximum Gasteiger partial charge on any atom is 0.328 e. The molecular formula is C18H18FN3O4S. The third-order valence-corrected chi connectivity index (χ3v) is 6.01. The Balaban J connectivity index is 1.89. The number of carbonyl (C=O) groups excluding carboxylic acids is 1. The van der Waals surface area contributed by atoms with Crippen LogP contribution in [0.3, 0.4) is 0 Å². The summed E-state index contributed by atoms with van der Waals surface area (Å²) >= 11 is 0. The number of amides is 1. The number of fused-ring (bicyclic) bond motifs is 1. The fourth-order valence-corrected chi connectivity index (χ4v) is 4.00. The first-order valence-electron chi connectivity index (χ1n) is 8.04. The van der Waals surface area contributed by atoms with Crippen molar-refractivity contribution in [3.05, 3.63) is 58.3 Å². The van der Waals surface area contributed by atoms with Gasteiger partial charge in [0.05, 0.1) is 15.9 Å². The molecule has 0 fully saturated rings. The van der Waals surface area contributed by atoms with Crippen LogP contribution in [0.5, 0.6) is 0 Å². The number of carbonyl (C=O) groups is 1. The molecular weight excluding hydrogens is 373 g/mol. The van der Waals surface area contributed by atoms with Gasteiger partial charge in [-0.15, -0.1) is 0 Å². The number of hydrogen-bond acceptors (Lipinski definition) is 4. The van der Waals surface area contributed by atoms with Crippen molar-refractivity contribution in [2.75, 3.05) is 11.1 Å². The van der Waals surface area contributed by atoms with Crippen molar-refractivity contribution in [1.82, 2.24) is 9.13 Å². The second-order valence-corrected chi connectivity index (χ2v) is 8.31. The Bertz CT molecular complexity index is 1230. The lowest BCUT2D eigenvalue weighted by Crippen LogP contribution is -2.23. The predicted molar refractivity (Wildman–Crippen MR) is 100.0 cm³/mol. The smallest absolute Gasteiger partial charge is 0.325 e. The highest BCUT2D eigenvalue weighted by Gasteiger charge is 2.21. The zero-order chi connectivity index (χ0) is 19.9. The second kappa shape index (κ2) is 6.66. The first kappa shape index (κ1) is 18.8. The molecule has 3 aromatic rings. The van der Waals surface area contributed by atoms with Crippen molar-refractivity contribution in [3.8, 4) is 0 Å². The van der Waals surface area contributed by atoms with Crippen molar-refractivity contribution in [2.24, 2.45) is 14.1 Å². The third-order valence-electron chi connectivity index (χ3n) is 4.40. The van der Waals surface area contributed by atoms with Crippen LogP contribution in [0.1, 0.15) is 5.56 Å². The van der Waals surface area contributed by atoms with Crippen LogP contribution in [-0.4, -0.2) is 29.2 Å². The van der Waals surface area contributed by atoms with E-state index in [9.17, 15) is 22.4 Å². The predicted octanol–water partition coefficient (Wildman–Crippen LogP) is 1.74. The van der Waals surface area contributed by atoms with Crippen molar-refractivity contribution >= 4 is 32.5 Å². The molecule has 1 N–H and O–H groups in total. The van der Waals surface area contributed by atoms with E-state index in [0.29, 0.717) is 16.6 Å². The summed E-state index contributed by atoms with van der Waals surface area (Å²) in [5, 5.41) is 2.42. The molecule has 2 aromatic carbocycles. The number of nitrogens with zero attached hydrogens (tertiary/aromatic N) is 2. The monoisotopic (exact) mass is 391 g/mol. The molecule has 7 nitrogen and oxygen atoms in total. The minimum Gasteiger partial charge on any atom is -0.325 e. The van der Waals surface area contributed by atoms with Crippen molar-refractivity contribution in [3.63, 3.8) is 0 Å². The van der Waals surface area contributed by atoms with Gasteiger partial charge >= 0.3 is 5.69 Å². The van der Waals surface area contributed by atoms with Gasteiger partial charge in [0, 0.05) is 19.8 Å². The van der Waals surface area contributed by atoms with Crippen LogP contribution in [0.4, 0.5) is 10.1 Å². The average molecular weight is 391 g/mol. The lowest BCUT2D eigenvalue weighted by molar-refractivity contribution is -0.113. The number of halogens is 1. The number of aromatic nitrogens is 2. The number of hydrogen-bond donors (Lipinski definition) is 1. The van der Waals surface area contributed by atoms with E-state index in [4.69, 9.17) is 0 Å². The number of nitrogens with one attached hydrogen (secondary N) is 1. The number of anilines is 1. The molecule has 0 aliphatic rings. The topological polar surface area (TPSA) is 90.2 Å². The summed E-state index contributed by atoms with van der Waals surface area (Å²) in [7, 11) is -0.812. The van der Waals surface area contributed by atoms with E-state index in [1.807, 2.05) is 0 Å². The summed E-state index contributed by atoms with van der Waals surface area (Å²) in [6.45, 7) is 1.67. The largest absolute Gasteiger partial charge is 0.328 e. The normalized spacial score (nSPS) is 11.7. The van der Waals surface area contributed by atoms with Gasteiger partial charge in [-0.3, -0.25) is 13.9 Å². The molecule has 1 aromatic heterocycles. The fourth-order valence-electron chi connectivity index (χ4n) is 2.85. The van der Waals surface area contributed by atoms with Gasteiger partial charge in [0.25, 0.3) is 0 Å². The van der Waals surface area contributed by atoms with Crippen molar-refractivity contribution in [1.29, 1.82) is 0 Å². The Kier molecular flexibility index (Phi) is 4.64. The second-order valence-electron chi connectivity index (χ2n) is 6.32. The molecule has 0 aliphatic carbocycles. The van der Waals surface area contributed by atoms with E-state index >= 15 is 0 Å². The van der Waals surface area contributed by atoms with Crippen LogP contribution in [0.2, 0.25) is 0 Å². The van der Waals surface area contributed by atoms with Crippen LogP contribution in [-0.2, 0) is 28.7 Å². The van der Waals surface area contributed by atoms with Gasteiger partial charge in [-0.2, -0.15) is 0 Å². The molecule has 0 spiro atoms. The molecule has 1 heterocycles. The van der Waals surface area contributed by atoms with Gasteiger partial charge in [0.1, 0.15) is 11.6 Å². The third kappa shape index (κ3) is 3.50. The van der Waals surface area contributed by atoms with Crippen LogP contribution in [0.15, 0.2) is 46.1 Å². The minimum atomic E-state index is -3.94. The Morgan fingerprint density at radius 1 is 1.07 bits per heavy atom. The molecule has 0 unspecified atom stereocenters. The standard InChI is InChI=1S/C18H18FN3O4S/c1-11-4-5-12(19)8-14(11)20-17(23)10-27(25,26)13-6-7-15-16(9-13)22(3)18(24)21(15)2/h4-9H,10H2,1-3H3,(H,20,23). The first-order chi connectivity index (χ1) is 12.6. The zero-order valence-corrected chi connectivity index (χ0v) is 15.8. The zero-order valence-electron chi connectivity index (χ0n) is 15.0. The molecule has 3 rings (SSSR count). The van der Waals surface area contributed by atoms with E-state index in [0.717, 1.165) is 6.07 Å². The quantitative estimate of drug-likeness (QED) is 0.734. The number of aryl methyl sites for hydroxylation is 3. The van der Waals surface area contributed by atoms with Gasteiger partial charge in [-0.1, -0.05) is 6.07 Å². The molecule has 0 saturated carbocycles. The van der Waals surface area contributed by atoms with E-state index < -0.39 is 27.3 Å². The van der Waals surface area contributed by atoms with Crippen molar-refractivity contribution in [2.45, 2.75) is 11.8 Å². The van der Waals surface area contributed by atoms with Crippen LogP contribution < -0.4 is 11.0 Å². The number of benzene rings is 2. The molecule has 0 atom stereocenters. The van der Waals surface area contributed by atoms with Gasteiger partial charge < -0.3 is 5.32 Å². The Morgan fingerprint density at radius 3 is 2.44 bits per heavy atom. The Hall–Kier alpha value is -2.94. The summed E-state index contributed by atoms with van der Waals surface area (Å²) in [5.41, 5.74) is 1.59. The summed E-state index contributed by atoms with van der Waals surface area (Å²) in [5.74, 6) is -2.10. The summed E-state index contributed by atoms with van der Waals surface area (Å²) in [4.78, 5) is 24.1. The maximum atomic E-state index is 13.3. The summed E-state index contributed by atoms with van der Waals surface area (Å²) in [6.07, 6.45) is 0. The summed E-state index contributed by atoms with van der Waals surface area (Å²) < 4.78 is 41.3. The molecule has 0 aliphatic heterocycles. The van der Waals surface area contributed by atoms with Crippen LogP contribution in [0.25, 0.3) is 11.0 Å². The molecule has 9 heteroatoms. The molecule has 27 heavy (non-hydrogen) atoms. The van der Waals surface area contributed by atoms with Gasteiger partial charge in [0.2, 0.25) is 5.91 Å². The highest BCUT2D eigenvalue weighted by atomic mass is 32.2. The Morgan fingerprint density at radius 2 is 1.74 bits per heavy atom. The van der Waals surface area contributed by atoms with Gasteiger partial charge in [-0.25, -0.2) is 17.6 Å². The van der Waals surface area contributed by atoms with Gasteiger partial charge in [-0.05, 0) is 42.8 Å². The van der Waals surface area contributed by atoms with Crippen LogP contribution in [0, 0.1) is 12.7 Å². The lowest BCUT2D eigenvalue weighted by atomic mass is 10.2. The Labute approximate surface area is 155 Å². The SMILES string of the molecule is Cc1ccc(F)cc1NC(=O)CS(=O)(=O)c1ccc2c(c1)n(C)c(=O)n2C. The lowest BCUT2D eigenvalue weighted by Gasteiger charge is -2.09. The highest BCUT2D eigenvalue weighted by Crippen LogP contribution is 2.20. The molecule has 142 valence electrons. The van der Waals surface area contributed by atoms with E-state index in [-0.39, 0.29) is 16.3 Å². The van der Waals surface area contributed by atoms with Gasteiger partial charge in [0.15, 0.2) is 9.84 Å². The summed E-state index contributed by atoms with van der Waals surface area (Å²) in [6, 6.07) is 8.12. The highest BCUT2D eigenvalue weighted by molar-refractivity contribution is 7.92. The van der Waals surface area contributed by atoms with Crippen molar-refractivity contribution < 1.29 is 17.6 Å². The number of rotatable bonds is 4. The molecule has 1 amide bonds. The van der Waals surface area contributed by atoms with Crippen LogP contribution >= 0.6 is 0 Å². The average Bonchev–Trinajstić information content (AvgIpc) is 2.82.